The monoisotopic (exact) mass is 285 g/mol. The summed E-state index contributed by atoms with van der Waals surface area (Å²) in [7, 11) is 0. The SMILES string of the molecule is O=C(Nc1ccc(F)c(F)c1)c1cnc(C(F)F)cn1. The molecule has 20 heavy (non-hydrogen) atoms. The quantitative estimate of drug-likeness (QED) is 0.882. The van der Waals surface area contributed by atoms with Gasteiger partial charge in [0.15, 0.2) is 11.6 Å². The van der Waals surface area contributed by atoms with Gasteiger partial charge in [0.05, 0.1) is 12.4 Å². The highest BCUT2D eigenvalue weighted by atomic mass is 19.3. The van der Waals surface area contributed by atoms with Crippen LogP contribution in [0.4, 0.5) is 23.2 Å². The maximum atomic E-state index is 12.9. The first kappa shape index (κ1) is 13.9. The summed E-state index contributed by atoms with van der Waals surface area (Å²) in [6.45, 7) is 0. The maximum Gasteiger partial charge on any atom is 0.281 e. The molecule has 0 atom stereocenters. The van der Waals surface area contributed by atoms with E-state index in [0.717, 1.165) is 30.6 Å². The third-order valence-corrected chi connectivity index (χ3v) is 2.31. The first-order valence-electron chi connectivity index (χ1n) is 5.34. The van der Waals surface area contributed by atoms with E-state index in [9.17, 15) is 22.4 Å². The third-order valence-electron chi connectivity index (χ3n) is 2.31. The molecule has 0 radical (unpaired) electrons. The molecular weight excluding hydrogens is 278 g/mol. The largest absolute Gasteiger partial charge is 0.320 e. The predicted octanol–water partition coefficient (Wildman–Crippen LogP) is 2.94. The Morgan fingerprint density at radius 1 is 1.10 bits per heavy atom. The van der Waals surface area contributed by atoms with E-state index >= 15 is 0 Å². The van der Waals surface area contributed by atoms with E-state index in [1.807, 2.05) is 0 Å². The number of benzene rings is 1. The van der Waals surface area contributed by atoms with E-state index < -0.39 is 29.7 Å². The van der Waals surface area contributed by atoms with E-state index in [0.29, 0.717) is 0 Å². The molecule has 0 aliphatic carbocycles. The Bertz CT molecular complexity index is 631. The molecule has 104 valence electrons. The first-order valence-corrected chi connectivity index (χ1v) is 5.34. The van der Waals surface area contributed by atoms with Crippen LogP contribution in [0.5, 0.6) is 0 Å². The van der Waals surface area contributed by atoms with Crippen LogP contribution in [0.25, 0.3) is 0 Å². The number of aromatic nitrogens is 2. The molecular formula is C12H7F4N3O. The zero-order chi connectivity index (χ0) is 14.7. The minimum absolute atomic E-state index is 0.00800. The van der Waals surface area contributed by atoms with Crippen LogP contribution >= 0.6 is 0 Å². The van der Waals surface area contributed by atoms with Gasteiger partial charge in [0.1, 0.15) is 11.4 Å². The van der Waals surface area contributed by atoms with Gasteiger partial charge in [-0.1, -0.05) is 0 Å². The van der Waals surface area contributed by atoms with E-state index in [4.69, 9.17) is 0 Å². The van der Waals surface area contributed by atoms with Crippen LogP contribution < -0.4 is 5.32 Å². The molecule has 0 fully saturated rings. The lowest BCUT2D eigenvalue weighted by molar-refractivity contribution is 0.102. The number of alkyl halides is 2. The normalized spacial score (nSPS) is 10.7. The second kappa shape index (κ2) is 5.64. The predicted molar refractivity (Wildman–Crippen MR) is 61.3 cm³/mol. The van der Waals surface area contributed by atoms with Crippen LogP contribution in [0, 0.1) is 11.6 Å². The number of rotatable bonds is 3. The van der Waals surface area contributed by atoms with Gasteiger partial charge in [-0.15, -0.1) is 0 Å². The zero-order valence-electron chi connectivity index (χ0n) is 9.78. The van der Waals surface area contributed by atoms with Gasteiger partial charge in [-0.3, -0.25) is 9.78 Å². The summed E-state index contributed by atoms with van der Waals surface area (Å²) in [5.41, 5.74) is -0.776. The average molecular weight is 285 g/mol. The Hall–Kier alpha value is -2.51. The lowest BCUT2D eigenvalue weighted by atomic mass is 10.3. The summed E-state index contributed by atoms with van der Waals surface area (Å²) >= 11 is 0. The van der Waals surface area contributed by atoms with Gasteiger partial charge in [0, 0.05) is 11.8 Å². The molecule has 2 rings (SSSR count). The molecule has 0 bridgehead atoms. The highest BCUT2D eigenvalue weighted by Crippen LogP contribution is 2.16. The lowest BCUT2D eigenvalue weighted by Gasteiger charge is -2.05. The highest BCUT2D eigenvalue weighted by molar-refractivity contribution is 6.02. The van der Waals surface area contributed by atoms with Crippen molar-refractivity contribution in [1.29, 1.82) is 0 Å². The van der Waals surface area contributed by atoms with E-state index in [-0.39, 0.29) is 11.4 Å². The number of hydrogen-bond acceptors (Lipinski definition) is 3. The van der Waals surface area contributed by atoms with Crippen LogP contribution in [-0.2, 0) is 0 Å². The second-order valence-electron chi connectivity index (χ2n) is 3.71. The molecule has 4 nitrogen and oxygen atoms in total. The molecule has 0 aliphatic rings. The van der Waals surface area contributed by atoms with Crippen LogP contribution in [0.15, 0.2) is 30.6 Å². The van der Waals surface area contributed by atoms with Crippen molar-refractivity contribution in [3.05, 3.63) is 53.6 Å². The Labute approximate surface area is 110 Å². The van der Waals surface area contributed by atoms with E-state index in [1.54, 1.807) is 0 Å². The van der Waals surface area contributed by atoms with Crippen molar-refractivity contribution in [3.63, 3.8) is 0 Å². The fourth-order valence-electron chi connectivity index (χ4n) is 1.34. The fraction of sp³-hybridized carbons (Fsp3) is 0.0833. The zero-order valence-corrected chi connectivity index (χ0v) is 9.78. The summed E-state index contributed by atoms with van der Waals surface area (Å²) in [6.07, 6.45) is -1.15. The number of nitrogens with zero attached hydrogens (tertiary/aromatic N) is 2. The van der Waals surface area contributed by atoms with Gasteiger partial charge in [-0.25, -0.2) is 22.5 Å². The van der Waals surface area contributed by atoms with Gasteiger partial charge >= 0.3 is 0 Å². The summed E-state index contributed by atoms with van der Waals surface area (Å²) in [4.78, 5) is 18.6. The van der Waals surface area contributed by atoms with Crippen molar-refractivity contribution < 1.29 is 22.4 Å². The number of carbonyl (C=O) groups excluding carboxylic acids is 1. The van der Waals surface area contributed by atoms with Crippen LogP contribution in [0.1, 0.15) is 22.6 Å². The lowest BCUT2D eigenvalue weighted by Crippen LogP contribution is -2.14. The molecule has 1 aromatic heterocycles. The van der Waals surface area contributed by atoms with Crippen molar-refractivity contribution in [2.24, 2.45) is 0 Å². The molecule has 0 saturated carbocycles. The van der Waals surface area contributed by atoms with Crippen LogP contribution in [0.2, 0.25) is 0 Å². The molecule has 0 unspecified atom stereocenters. The number of carbonyl (C=O) groups is 1. The standard InChI is InChI=1S/C12H7F4N3O/c13-7-2-1-6(3-8(7)14)19-12(20)10-5-17-9(4-18-10)11(15)16/h1-5,11H,(H,19,20). The van der Waals surface area contributed by atoms with Gasteiger partial charge < -0.3 is 5.32 Å². The van der Waals surface area contributed by atoms with E-state index in [1.165, 1.54) is 0 Å². The Morgan fingerprint density at radius 2 is 1.85 bits per heavy atom. The minimum Gasteiger partial charge on any atom is -0.320 e. The number of nitrogens with one attached hydrogen (secondary N) is 1. The summed E-state index contributed by atoms with van der Waals surface area (Å²) in [5.74, 6) is -2.95. The van der Waals surface area contributed by atoms with Crippen LogP contribution in [0.3, 0.4) is 0 Å². The number of amides is 1. The van der Waals surface area contributed by atoms with Gasteiger partial charge in [-0.05, 0) is 12.1 Å². The van der Waals surface area contributed by atoms with Crippen molar-refractivity contribution in [2.75, 3.05) is 5.32 Å². The fourth-order valence-corrected chi connectivity index (χ4v) is 1.34. The van der Waals surface area contributed by atoms with Crippen molar-refractivity contribution in [2.45, 2.75) is 6.43 Å². The topological polar surface area (TPSA) is 54.9 Å². The highest BCUT2D eigenvalue weighted by Gasteiger charge is 2.13. The molecule has 1 N–H and O–H groups in total. The smallest absolute Gasteiger partial charge is 0.281 e. The van der Waals surface area contributed by atoms with Gasteiger partial charge in [-0.2, -0.15) is 0 Å². The molecule has 8 heteroatoms. The number of anilines is 1. The average Bonchev–Trinajstić information content (AvgIpc) is 2.43. The number of hydrogen-bond donors (Lipinski definition) is 1. The molecule has 0 aliphatic heterocycles. The number of halogens is 4. The maximum absolute atomic E-state index is 12.9. The van der Waals surface area contributed by atoms with Gasteiger partial charge in [0.2, 0.25) is 0 Å². The van der Waals surface area contributed by atoms with Crippen LogP contribution in [-0.4, -0.2) is 15.9 Å². The molecule has 2 aromatic rings. The summed E-state index contributed by atoms with van der Waals surface area (Å²) in [6, 6.07) is 2.78. The Balaban J connectivity index is 2.13. The molecule has 1 heterocycles. The van der Waals surface area contributed by atoms with Crippen molar-refractivity contribution in [3.8, 4) is 0 Å². The van der Waals surface area contributed by atoms with Crippen molar-refractivity contribution >= 4 is 11.6 Å². The Morgan fingerprint density at radius 3 is 2.40 bits per heavy atom. The van der Waals surface area contributed by atoms with Gasteiger partial charge in [0.25, 0.3) is 12.3 Å². The molecule has 0 saturated heterocycles. The first-order chi connectivity index (χ1) is 9.47. The minimum atomic E-state index is -2.79. The second-order valence-corrected chi connectivity index (χ2v) is 3.71. The Kier molecular flexibility index (Phi) is 3.92. The molecule has 0 spiro atoms. The summed E-state index contributed by atoms with van der Waals surface area (Å²) < 4.78 is 50.1. The van der Waals surface area contributed by atoms with Crippen molar-refractivity contribution in [1.82, 2.24) is 9.97 Å². The summed E-state index contributed by atoms with van der Waals surface area (Å²) in [5, 5.41) is 2.24. The molecule has 1 aromatic carbocycles. The van der Waals surface area contributed by atoms with E-state index in [2.05, 4.69) is 15.3 Å². The third kappa shape index (κ3) is 3.08. The molecule has 1 amide bonds.